The molecule has 0 radical (unpaired) electrons. The lowest BCUT2D eigenvalue weighted by Gasteiger charge is -2.11. The number of para-hydroxylation sites is 1. The maximum absolute atomic E-state index is 4.57. The van der Waals surface area contributed by atoms with Gasteiger partial charge in [-0.05, 0) is 37.8 Å². The first-order chi connectivity index (χ1) is 9.28. The van der Waals surface area contributed by atoms with Crippen LogP contribution >= 0.6 is 11.8 Å². The van der Waals surface area contributed by atoms with Gasteiger partial charge in [-0.3, -0.25) is 4.68 Å². The Morgan fingerprint density at radius 2 is 2.05 bits per heavy atom. The molecule has 1 N–H and O–H groups in total. The van der Waals surface area contributed by atoms with Crippen molar-refractivity contribution in [2.24, 2.45) is 0 Å². The van der Waals surface area contributed by atoms with Gasteiger partial charge in [-0.25, -0.2) is 0 Å². The number of rotatable bonds is 6. The molecule has 0 bridgehead atoms. The monoisotopic (exact) mass is 275 g/mol. The van der Waals surface area contributed by atoms with Gasteiger partial charge in [-0.2, -0.15) is 5.10 Å². The van der Waals surface area contributed by atoms with Crippen LogP contribution in [0.25, 0.3) is 0 Å². The van der Waals surface area contributed by atoms with Crippen LogP contribution in [-0.2, 0) is 19.5 Å². The largest absolute Gasteiger partial charge is 0.378 e. The van der Waals surface area contributed by atoms with Crippen LogP contribution in [0.3, 0.4) is 0 Å². The highest BCUT2D eigenvalue weighted by molar-refractivity contribution is 7.98. The Morgan fingerprint density at radius 1 is 1.26 bits per heavy atom. The molecule has 0 saturated heterocycles. The van der Waals surface area contributed by atoms with E-state index in [0.29, 0.717) is 0 Å². The summed E-state index contributed by atoms with van der Waals surface area (Å²) in [7, 11) is 0. The van der Waals surface area contributed by atoms with Crippen molar-refractivity contribution in [1.82, 2.24) is 9.78 Å². The number of nitrogens with zero attached hydrogens (tertiary/aromatic N) is 2. The molecular formula is C15H21N3S. The third-order valence-electron chi connectivity index (χ3n) is 3.14. The average molecular weight is 275 g/mol. The second-order valence-corrected chi connectivity index (χ2v) is 5.20. The van der Waals surface area contributed by atoms with E-state index in [-0.39, 0.29) is 0 Å². The van der Waals surface area contributed by atoms with E-state index in [2.05, 4.69) is 65.5 Å². The maximum Gasteiger partial charge on any atom is 0.0625 e. The second kappa shape index (κ2) is 6.66. The normalized spacial score (nSPS) is 10.7. The fraction of sp³-hybridized carbons (Fsp3) is 0.400. The summed E-state index contributed by atoms with van der Waals surface area (Å²) in [6, 6.07) is 10.6. The molecule has 0 aliphatic carbocycles. The van der Waals surface area contributed by atoms with Gasteiger partial charge in [0.25, 0.3) is 0 Å². The highest BCUT2D eigenvalue weighted by Crippen LogP contribution is 2.25. The van der Waals surface area contributed by atoms with Gasteiger partial charge >= 0.3 is 0 Å². The van der Waals surface area contributed by atoms with Gasteiger partial charge in [-0.15, -0.1) is 11.8 Å². The van der Waals surface area contributed by atoms with Crippen molar-refractivity contribution in [1.29, 1.82) is 0 Å². The number of thioether (sulfide) groups is 1. The summed E-state index contributed by atoms with van der Waals surface area (Å²) in [4.78, 5) is 1.28. The molecule has 0 atom stereocenters. The van der Waals surface area contributed by atoms with Gasteiger partial charge in [0.15, 0.2) is 0 Å². The highest BCUT2D eigenvalue weighted by Gasteiger charge is 2.06. The van der Waals surface area contributed by atoms with Crippen LogP contribution < -0.4 is 5.32 Å². The molecule has 2 rings (SSSR count). The van der Waals surface area contributed by atoms with Gasteiger partial charge in [0.05, 0.1) is 17.9 Å². The molecule has 2 aromatic rings. The second-order valence-electron chi connectivity index (χ2n) is 4.35. The zero-order valence-corrected chi connectivity index (χ0v) is 12.6. The van der Waals surface area contributed by atoms with Crippen molar-refractivity contribution in [3.8, 4) is 0 Å². The Kier molecular flexibility index (Phi) is 4.91. The van der Waals surface area contributed by atoms with E-state index in [0.717, 1.165) is 25.2 Å². The van der Waals surface area contributed by atoms with E-state index in [1.807, 2.05) is 0 Å². The molecule has 19 heavy (non-hydrogen) atoms. The summed E-state index contributed by atoms with van der Waals surface area (Å²) >= 11 is 1.77. The standard InChI is InChI=1S/C15H21N3S/c1-4-12-10-13(18(5-2)17-12)11-16-14-8-6-7-9-15(14)19-3/h6-10,16H,4-5,11H2,1-3H3. The highest BCUT2D eigenvalue weighted by atomic mass is 32.2. The van der Waals surface area contributed by atoms with Crippen molar-refractivity contribution in [2.75, 3.05) is 11.6 Å². The molecule has 1 aromatic heterocycles. The summed E-state index contributed by atoms with van der Waals surface area (Å²) in [5.41, 5.74) is 3.60. The molecule has 0 spiro atoms. The molecule has 102 valence electrons. The number of benzene rings is 1. The van der Waals surface area contributed by atoms with Gasteiger partial charge in [-0.1, -0.05) is 19.1 Å². The summed E-state index contributed by atoms with van der Waals surface area (Å²) in [6.45, 7) is 6.01. The van der Waals surface area contributed by atoms with E-state index >= 15 is 0 Å². The molecule has 4 heteroatoms. The minimum Gasteiger partial charge on any atom is -0.378 e. The quantitative estimate of drug-likeness (QED) is 0.813. The van der Waals surface area contributed by atoms with Gasteiger partial charge < -0.3 is 5.32 Å². The number of anilines is 1. The molecule has 0 unspecified atom stereocenters. The lowest BCUT2D eigenvalue weighted by Crippen LogP contribution is -2.08. The van der Waals surface area contributed by atoms with Crippen LogP contribution in [0, 0.1) is 0 Å². The Balaban J connectivity index is 2.11. The van der Waals surface area contributed by atoms with Crippen LogP contribution in [0.2, 0.25) is 0 Å². The first kappa shape index (κ1) is 14.0. The SMILES string of the molecule is CCc1cc(CNc2ccccc2SC)n(CC)n1. The number of hydrogen-bond donors (Lipinski definition) is 1. The Morgan fingerprint density at radius 3 is 2.74 bits per heavy atom. The summed E-state index contributed by atoms with van der Waals surface area (Å²) in [5, 5.41) is 8.08. The molecule has 1 heterocycles. The zero-order chi connectivity index (χ0) is 13.7. The van der Waals surface area contributed by atoms with Crippen molar-refractivity contribution >= 4 is 17.4 Å². The van der Waals surface area contributed by atoms with Crippen molar-refractivity contribution in [3.63, 3.8) is 0 Å². The van der Waals surface area contributed by atoms with Crippen molar-refractivity contribution in [2.45, 2.75) is 38.3 Å². The average Bonchev–Trinajstić information content (AvgIpc) is 2.87. The van der Waals surface area contributed by atoms with Gasteiger partial charge in [0, 0.05) is 17.1 Å². The lowest BCUT2D eigenvalue weighted by molar-refractivity contribution is 0.619. The number of aryl methyl sites for hydroxylation is 2. The van der Waals surface area contributed by atoms with Crippen LogP contribution in [0.5, 0.6) is 0 Å². The van der Waals surface area contributed by atoms with Crippen LogP contribution in [-0.4, -0.2) is 16.0 Å². The van der Waals surface area contributed by atoms with E-state index < -0.39 is 0 Å². The smallest absolute Gasteiger partial charge is 0.0625 e. The Bertz CT molecular complexity index is 534. The van der Waals surface area contributed by atoms with E-state index in [1.165, 1.54) is 16.3 Å². The maximum atomic E-state index is 4.57. The fourth-order valence-electron chi connectivity index (χ4n) is 2.08. The Labute approximate surface area is 119 Å². The predicted octanol–water partition coefficient (Wildman–Crippen LogP) is 3.80. The van der Waals surface area contributed by atoms with Crippen LogP contribution in [0.1, 0.15) is 25.2 Å². The molecule has 0 aliphatic heterocycles. The topological polar surface area (TPSA) is 29.9 Å². The number of nitrogens with one attached hydrogen (secondary N) is 1. The van der Waals surface area contributed by atoms with Crippen LogP contribution in [0.15, 0.2) is 35.2 Å². The molecule has 3 nitrogen and oxygen atoms in total. The molecule has 0 amide bonds. The summed E-state index contributed by atoms with van der Waals surface area (Å²) in [6.07, 6.45) is 3.09. The lowest BCUT2D eigenvalue weighted by atomic mass is 10.3. The van der Waals surface area contributed by atoms with Crippen molar-refractivity contribution < 1.29 is 0 Å². The summed E-state index contributed by atoms with van der Waals surface area (Å²) < 4.78 is 2.08. The van der Waals surface area contributed by atoms with E-state index in [9.17, 15) is 0 Å². The molecular weight excluding hydrogens is 254 g/mol. The first-order valence-electron chi connectivity index (χ1n) is 6.71. The van der Waals surface area contributed by atoms with Gasteiger partial charge in [0.2, 0.25) is 0 Å². The zero-order valence-electron chi connectivity index (χ0n) is 11.8. The molecule has 0 aliphatic rings. The number of hydrogen-bond acceptors (Lipinski definition) is 3. The molecule has 0 saturated carbocycles. The first-order valence-corrected chi connectivity index (χ1v) is 7.93. The Hall–Kier alpha value is -1.42. The van der Waals surface area contributed by atoms with E-state index in [1.54, 1.807) is 11.8 Å². The minimum atomic E-state index is 0.818. The van der Waals surface area contributed by atoms with Crippen LogP contribution in [0.4, 0.5) is 5.69 Å². The third-order valence-corrected chi connectivity index (χ3v) is 3.94. The fourth-order valence-corrected chi connectivity index (χ4v) is 2.66. The van der Waals surface area contributed by atoms with E-state index in [4.69, 9.17) is 0 Å². The van der Waals surface area contributed by atoms with Crippen molar-refractivity contribution in [3.05, 3.63) is 41.7 Å². The minimum absolute atomic E-state index is 0.818. The number of aromatic nitrogens is 2. The summed E-state index contributed by atoms with van der Waals surface area (Å²) in [5.74, 6) is 0. The van der Waals surface area contributed by atoms with Gasteiger partial charge in [0.1, 0.15) is 0 Å². The molecule has 1 aromatic carbocycles. The molecule has 0 fully saturated rings. The third kappa shape index (κ3) is 3.32. The predicted molar refractivity (Wildman–Crippen MR) is 82.8 cm³/mol.